The number of hydrogen-bond acceptors (Lipinski definition) is 3. The van der Waals surface area contributed by atoms with Gasteiger partial charge in [-0.1, -0.05) is 0 Å². The lowest BCUT2D eigenvalue weighted by Crippen LogP contribution is -2.61. The SMILES string of the molecule is CC(C)(C)N(C(=O)O)C1CC(N2C(=O)C(F)(F)c3cc(F)cnc32)C1. The van der Waals surface area contributed by atoms with Gasteiger partial charge in [0.1, 0.15) is 11.6 Å². The van der Waals surface area contributed by atoms with Gasteiger partial charge in [0.2, 0.25) is 0 Å². The van der Waals surface area contributed by atoms with Gasteiger partial charge in [0, 0.05) is 17.6 Å². The van der Waals surface area contributed by atoms with Crippen molar-refractivity contribution in [2.75, 3.05) is 4.90 Å². The van der Waals surface area contributed by atoms with Gasteiger partial charge in [-0.25, -0.2) is 14.2 Å². The predicted octanol–water partition coefficient (Wildman–Crippen LogP) is 2.97. The summed E-state index contributed by atoms with van der Waals surface area (Å²) in [5, 5.41) is 9.39. The molecule has 6 nitrogen and oxygen atoms in total. The number of aromatic nitrogens is 1. The van der Waals surface area contributed by atoms with Crippen molar-refractivity contribution < 1.29 is 27.9 Å². The standard InChI is InChI=1S/C16H18F3N3O3/c1-15(2,3)22(14(24)25)10-5-9(6-10)21-12-11(4-8(17)7-20-12)16(18,19)13(21)23/h4,7,9-10H,5-6H2,1-3H3,(H,24,25). The van der Waals surface area contributed by atoms with E-state index in [-0.39, 0.29) is 24.7 Å². The molecule has 25 heavy (non-hydrogen) atoms. The summed E-state index contributed by atoms with van der Waals surface area (Å²) in [7, 11) is 0. The Hall–Kier alpha value is -2.32. The zero-order chi connectivity index (χ0) is 18.7. The number of amides is 2. The normalized spacial score (nSPS) is 24.7. The maximum Gasteiger partial charge on any atom is 0.407 e. The van der Waals surface area contributed by atoms with Gasteiger partial charge in [-0.05, 0) is 39.7 Å². The molecule has 3 rings (SSSR count). The minimum atomic E-state index is -3.83. The summed E-state index contributed by atoms with van der Waals surface area (Å²) in [4.78, 5) is 29.4. The molecular weight excluding hydrogens is 339 g/mol. The van der Waals surface area contributed by atoms with Crippen molar-refractivity contribution in [2.24, 2.45) is 0 Å². The summed E-state index contributed by atoms with van der Waals surface area (Å²) in [6, 6.07) is -0.352. The third kappa shape index (κ3) is 2.61. The van der Waals surface area contributed by atoms with Gasteiger partial charge in [0.05, 0.1) is 11.8 Å². The Bertz CT molecular complexity index is 742. The Balaban J connectivity index is 1.84. The fourth-order valence-corrected chi connectivity index (χ4v) is 3.53. The van der Waals surface area contributed by atoms with E-state index in [0.29, 0.717) is 6.07 Å². The quantitative estimate of drug-likeness (QED) is 0.883. The van der Waals surface area contributed by atoms with Crippen LogP contribution in [-0.4, -0.2) is 44.6 Å². The average molecular weight is 357 g/mol. The number of nitrogens with zero attached hydrogens (tertiary/aromatic N) is 3. The molecule has 1 aliphatic carbocycles. The van der Waals surface area contributed by atoms with Gasteiger partial charge in [0.15, 0.2) is 0 Å². The van der Waals surface area contributed by atoms with Crippen molar-refractivity contribution in [1.29, 1.82) is 0 Å². The molecule has 1 aromatic heterocycles. The lowest BCUT2D eigenvalue weighted by atomic mass is 9.82. The van der Waals surface area contributed by atoms with Gasteiger partial charge >= 0.3 is 17.9 Å². The molecule has 1 fully saturated rings. The summed E-state index contributed by atoms with van der Waals surface area (Å²) in [5.74, 6) is -6.46. The van der Waals surface area contributed by atoms with Crippen LogP contribution in [0.4, 0.5) is 23.8 Å². The van der Waals surface area contributed by atoms with Crippen LogP contribution < -0.4 is 4.90 Å². The molecular formula is C16H18F3N3O3. The number of pyridine rings is 1. The molecule has 2 heterocycles. The number of carbonyl (C=O) groups excluding carboxylic acids is 1. The van der Waals surface area contributed by atoms with Crippen molar-refractivity contribution in [3.8, 4) is 0 Å². The lowest BCUT2D eigenvalue weighted by molar-refractivity contribution is -0.142. The molecule has 1 N–H and O–H groups in total. The van der Waals surface area contributed by atoms with Crippen LogP contribution in [0.5, 0.6) is 0 Å². The van der Waals surface area contributed by atoms with E-state index in [1.54, 1.807) is 20.8 Å². The van der Waals surface area contributed by atoms with Crippen LogP contribution in [0.25, 0.3) is 0 Å². The number of carbonyl (C=O) groups is 2. The third-order valence-corrected chi connectivity index (χ3v) is 4.63. The van der Waals surface area contributed by atoms with E-state index >= 15 is 0 Å². The average Bonchev–Trinajstić information content (AvgIpc) is 2.60. The van der Waals surface area contributed by atoms with Gasteiger partial charge in [-0.15, -0.1) is 0 Å². The highest BCUT2D eigenvalue weighted by Crippen LogP contribution is 2.47. The maximum atomic E-state index is 14.2. The molecule has 0 spiro atoms. The molecule has 0 saturated heterocycles. The molecule has 136 valence electrons. The number of halogens is 3. The molecule has 0 atom stereocenters. The highest BCUT2D eigenvalue weighted by molar-refractivity contribution is 6.05. The van der Waals surface area contributed by atoms with Crippen molar-refractivity contribution >= 4 is 17.8 Å². The Kier molecular flexibility index (Phi) is 3.74. The van der Waals surface area contributed by atoms with E-state index in [4.69, 9.17) is 0 Å². The van der Waals surface area contributed by atoms with Crippen molar-refractivity contribution in [3.63, 3.8) is 0 Å². The Morgan fingerprint density at radius 1 is 1.40 bits per heavy atom. The fraction of sp³-hybridized carbons (Fsp3) is 0.562. The molecule has 0 aromatic carbocycles. The number of alkyl halides is 2. The smallest absolute Gasteiger partial charge is 0.407 e. The minimum absolute atomic E-state index is 0.226. The Labute approximate surface area is 142 Å². The summed E-state index contributed by atoms with van der Waals surface area (Å²) in [5.41, 5.74) is -1.40. The van der Waals surface area contributed by atoms with Crippen LogP contribution >= 0.6 is 0 Å². The van der Waals surface area contributed by atoms with Gasteiger partial charge < -0.3 is 10.0 Å². The first-order valence-corrected chi connectivity index (χ1v) is 7.84. The van der Waals surface area contributed by atoms with E-state index in [2.05, 4.69) is 4.98 Å². The van der Waals surface area contributed by atoms with Crippen LogP contribution in [0.15, 0.2) is 12.3 Å². The summed E-state index contributed by atoms with van der Waals surface area (Å²) in [6.07, 6.45) is 0.137. The second-order valence-corrected chi connectivity index (χ2v) is 7.38. The summed E-state index contributed by atoms with van der Waals surface area (Å²) >= 11 is 0. The van der Waals surface area contributed by atoms with Crippen LogP contribution in [-0.2, 0) is 10.7 Å². The molecule has 1 saturated carbocycles. The van der Waals surface area contributed by atoms with E-state index in [0.717, 1.165) is 11.1 Å². The topological polar surface area (TPSA) is 73.7 Å². The van der Waals surface area contributed by atoms with E-state index in [1.165, 1.54) is 4.90 Å². The Morgan fingerprint density at radius 2 is 2.00 bits per heavy atom. The number of rotatable bonds is 2. The molecule has 1 aliphatic heterocycles. The summed E-state index contributed by atoms with van der Waals surface area (Å²) in [6.45, 7) is 5.22. The predicted molar refractivity (Wildman–Crippen MR) is 82.0 cm³/mol. The van der Waals surface area contributed by atoms with Crippen molar-refractivity contribution in [2.45, 2.75) is 57.2 Å². The number of fused-ring (bicyclic) bond motifs is 1. The second-order valence-electron chi connectivity index (χ2n) is 7.38. The molecule has 2 amide bonds. The first-order valence-electron chi connectivity index (χ1n) is 7.84. The largest absolute Gasteiger partial charge is 0.465 e. The van der Waals surface area contributed by atoms with Crippen molar-refractivity contribution in [1.82, 2.24) is 9.88 Å². The van der Waals surface area contributed by atoms with E-state index < -0.39 is 40.9 Å². The molecule has 0 bridgehead atoms. The summed E-state index contributed by atoms with van der Waals surface area (Å²) < 4.78 is 41.6. The highest BCUT2D eigenvalue weighted by Gasteiger charge is 2.58. The fourth-order valence-electron chi connectivity index (χ4n) is 3.53. The molecule has 9 heteroatoms. The van der Waals surface area contributed by atoms with Crippen molar-refractivity contribution in [3.05, 3.63) is 23.6 Å². The van der Waals surface area contributed by atoms with E-state index in [9.17, 15) is 27.9 Å². The first kappa shape index (κ1) is 17.5. The molecule has 0 radical (unpaired) electrons. The van der Waals surface area contributed by atoms with Crippen LogP contribution in [0, 0.1) is 5.82 Å². The minimum Gasteiger partial charge on any atom is -0.465 e. The number of anilines is 1. The number of hydrogen-bond donors (Lipinski definition) is 1. The third-order valence-electron chi connectivity index (χ3n) is 4.63. The molecule has 2 aliphatic rings. The Morgan fingerprint density at radius 3 is 2.52 bits per heavy atom. The van der Waals surface area contributed by atoms with Crippen LogP contribution in [0.1, 0.15) is 39.2 Å². The van der Waals surface area contributed by atoms with Crippen LogP contribution in [0.3, 0.4) is 0 Å². The maximum absolute atomic E-state index is 14.2. The number of carboxylic acid groups (broad SMARTS) is 1. The lowest BCUT2D eigenvalue weighted by Gasteiger charge is -2.49. The molecule has 0 unspecified atom stereocenters. The van der Waals surface area contributed by atoms with E-state index in [1.807, 2.05) is 0 Å². The molecule has 1 aromatic rings. The zero-order valence-electron chi connectivity index (χ0n) is 14.0. The van der Waals surface area contributed by atoms with Crippen LogP contribution in [0.2, 0.25) is 0 Å². The monoisotopic (exact) mass is 357 g/mol. The zero-order valence-corrected chi connectivity index (χ0v) is 14.0. The van der Waals surface area contributed by atoms with Gasteiger partial charge in [-0.2, -0.15) is 8.78 Å². The van der Waals surface area contributed by atoms with Gasteiger partial charge in [-0.3, -0.25) is 9.69 Å². The highest BCUT2D eigenvalue weighted by atomic mass is 19.3. The first-order chi connectivity index (χ1) is 11.4. The van der Waals surface area contributed by atoms with Gasteiger partial charge in [0.25, 0.3) is 0 Å². The second kappa shape index (κ2) is 5.34.